The van der Waals surface area contributed by atoms with Crippen LogP contribution in [-0.4, -0.2) is 24.0 Å². The monoisotopic (exact) mass is 223 g/mol. The highest BCUT2D eigenvalue weighted by Crippen LogP contribution is 2.40. The predicted octanol–water partition coefficient (Wildman–Crippen LogP) is 3.18. The summed E-state index contributed by atoms with van der Waals surface area (Å²) in [4.78, 5) is 2.45. The first-order chi connectivity index (χ1) is 7.27. The minimum Gasteiger partial charge on any atom is -0.463 e. The number of likely N-dealkylation sites (N-methyl/N-ethyl adjacent to an activating group) is 1. The van der Waals surface area contributed by atoms with E-state index in [1.807, 2.05) is 6.07 Å². The molecule has 2 nitrogen and oxygen atoms in total. The van der Waals surface area contributed by atoms with Gasteiger partial charge < -0.3 is 4.42 Å². The summed E-state index contributed by atoms with van der Waals surface area (Å²) >= 11 is 6.10. The number of nitrogens with zero attached hydrogens (tertiary/aromatic N) is 1. The molecule has 2 bridgehead atoms. The Labute approximate surface area is 94.5 Å². The Morgan fingerprint density at radius 1 is 1.47 bits per heavy atom. The molecule has 0 N–H and O–H groups in total. The molecular weight excluding hydrogens is 210 g/mol. The lowest BCUT2D eigenvalue weighted by Crippen LogP contribution is -2.35. The first-order valence-corrected chi connectivity index (χ1v) is 5.80. The fourth-order valence-corrected chi connectivity index (χ4v) is 3.02. The van der Waals surface area contributed by atoms with E-state index >= 15 is 0 Å². The van der Waals surface area contributed by atoms with Gasteiger partial charge in [0.2, 0.25) is 0 Å². The van der Waals surface area contributed by atoms with Gasteiger partial charge in [0.1, 0.15) is 5.76 Å². The molecular formula is C12H14ClNO. The fourth-order valence-electron chi connectivity index (χ4n) is 2.81. The van der Waals surface area contributed by atoms with E-state index in [2.05, 4.69) is 18.0 Å². The highest BCUT2D eigenvalue weighted by Gasteiger charge is 2.37. The molecule has 1 saturated heterocycles. The average molecular weight is 224 g/mol. The van der Waals surface area contributed by atoms with Crippen molar-refractivity contribution in [3.63, 3.8) is 0 Å². The molecule has 0 aromatic carbocycles. The topological polar surface area (TPSA) is 16.4 Å². The lowest BCUT2D eigenvalue weighted by Gasteiger charge is -2.30. The summed E-state index contributed by atoms with van der Waals surface area (Å²) in [5, 5.41) is 0.736. The molecule has 0 spiro atoms. The van der Waals surface area contributed by atoms with E-state index < -0.39 is 0 Å². The van der Waals surface area contributed by atoms with E-state index in [-0.39, 0.29) is 0 Å². The summed E-state index contributed by atoms with van der Waals surface area (Å²) < 4.78 is 5.48. The Balaban J connectivity index is 2.01. The van der Waals surface area contributed by atoms with Crippen molar-refractivity contribution in [3.8, 4) is 0 Å². The van der Waals surface area contributed by atoms with Crippen LogP contribution in [0, 0.1) is 0 Å². The van der Waals surface area contributed by atoms with Crippen molar-refractivity contribution in [2.45, 2.75) is 31.3 Å². The zero-order valence-electron chi connectivity index (χ0n) is 8.74. The average Bonchev–Trinajstić information content (AvgIpc) is 2.72. The molecule has 2 aliphatic rings. The van der Waals surface area contributed by atoms with Crippen LogP contribution in [0.2, 0.25) is 5.02 Å². The SMILES string of the molecule is CN1C2CC=C(c3occc3Cl)C1CC2. The van der Waals surface area contributed by atoms with Gasteiger partial charge in [-0.3, -0.25) is 4.90 Å². The number of hydrogen-bond donors (Lipinski definition) is 0. The lowest BCUT2D eigenvalue weighted by atomic mass is 10.00. The molecule has 0 radical (unpaired) electrons. The van der Waals surface area contributed by atoms with Gasteiger partial charge in [0.05, 0.1) is 11.3 Å². The minimum atomic E-state index is 0.507. The number of furan rings is 1. The highest BCUT2D eigenvalue weighted by atomic mass is 35.5. The highest BCUT2D eigenvalue weighted by molar-refractivity contribution is 6.32. The second-order valence-corrected chi connectivity index (χ2v) is 4.81. The van der Waals surface area contributed by atoms with Crippen molar-refractivity contribution in [2.24, 2.45) is 0 Å². The van der Waals surface area contributed by atoms with Gasteiger partial charge >= 0.3 is 0 Å². The molecule has 2 atom stereocenters. The third-order valence-corrected chi connectivity index (χ3v) is 3.99. The molecule has 80 valence electrons. The van der Waals surface area contributed by atoms with Crippen LogP contribution >= 0.6 is 11.6 Å². The first-order valence-electron chi connectivity index (χ1n) is 5.42. The Kier molecular flexibility index (Phi) is 2.15. The molecule has 15 heavy (non-hydrogen) atoms. The number of hydrogen-bond acceptors (Lipinski definition) is 2. The maximum atomic E-state index is 6.10. The number of rotatable bonds is 1. The Morgan fingerprint density at radius 2 is 2.33 bits per heavy atom. The van der Waals surface area contributed by atoms with E-state index in [1.54, 1.807) is 6.26 Å². The first kappa shape index (κ1) is 9.49. The zero-order chi connectivity index (χ0) is 10.4. The number of halogens is 1. The molecule has 3 rings (SSSR count). The summed E-state index contributed by atoms with van der Waals surface area (Å²) in [7, 11) is 2.20. The van der Waals surface area contributed by atoms with Crippen molar-refractivity contribution in [1.82, 2.24) is 4.90 Å². The van der Waals surface area contributed by atoms with Crippen LogP contribution < -0.4 is 0 Å². The molecule has 1 aromatic rings. The summed E-state index contributed by atoms with van der Waals surface area (Å²) in [5.41, 5.74) is 1.28. The van der Waals surface area contributed by atoms with Crippen LogP contribution in [0.15, 0.2) is 22.8 Å². The standard InChI is InChI=1S/C12H14ClNO/c1-14-8-2-4-9(11(14)5-3-8)12-10(13)6-7-15-12/h4,6-8,11H,2-3,5H2,1H3. The van der Waals surface area contributed by atoms with Crippen LogP contribution in [0.1, 0.15) is 25.0 Å². The van der Waals surface area contributed by atoms with Gasteiger partial charge in [-0.1, -0.05) is 17.7 Å². The molecule has 1 aromatic heterocycles. The normalized spacial score (nSPS) is 30.7. The predicted molar refractivity (Wildman–Crippen MR) is 60.9 cm³/mol. The van der Waals surface area contributed by atoms with Crippen LogP contribution in [0.25, 0.3) is 5.57 Å². The summed E-state index contributed by atoms with van der Waals surface area (Å²) in [6.07, 6.45) is 7.61. The summed E-state index contributed by atoms with van der Waals surface area (Å²) in [6.45, 7) is 0. The van der Waals surface area contributed by atoms with E-state index in [9.17, 15) is 0 Å². The van der Waals surface area contributed by atoms with Crippen molar-refractivity contribution in [1.29, 1.82) is 0 Å². The summed E-state index contributed by atoms with van der Waals surface area (Å²) in [6, 6.07) is 3.05. The Bertz CT molecular complexity index is 410. The maximum Gasteiger partial charge on any atom is 0.149 e. The van der Waals surface area contributed by atoms with Gasteiger partial charge in [0.15, 0.2) is 0 Å². The van der Waals surface area contributed by atoms with Crippen LogP contribution in [0.5, 0.6) is 0 Å². The van der Waals surface area contributed by atoms with Gasteiger partial charge in [0.25, 0.3) is 0 Å². The minimum absolute atomic E-state index is 0.507. The van der Waals surface area contributed by atoms with Crippen LogP contribution in [-0.2, 0) is 0 Å². The second-order valence-electron chi connectivity index (χ2n) is 4.41. The quantitative estimate of drug-likeness (QED) is 0.727. The smallest absolute Gasteiger partial charge is 0.149 e. The molecule has 0 aliphatic carbocycles. The second kappa shape index (κ2) is 3.39. The molecule has 3 heterocycles. The van der Waals surface area contributed by atoms with E-state index in [0.29, 0.717) is 6.04 Å². The van der Waals surface area contributed by atoms with E-state index in [0.717, 1.165) is 23.2 Å². The summed E-state index contributed by atoms with van der Waals surface area (Å²) in [5.74, 6) is 0.869. The van der Waals surface area contributed by atoms with Gasteiger partial charge in [0, 0.05) is 17.7 Å². The van der Waals surface area contributed by atoms with Gasteiger partial charge in [-0.05, 0) is 32.4 Å². The van der Waals surface area contributed by atoms with Gasteiger partial charge in [-0.2, -0.15) is 0 Å². The van der Waals surface area contributed by atoms with Crippen molar-refractivity contribution in [3.05, 3.63) is 29.2 Å². The third kappa shape index (κ3) is 1.35. The van der Waals surface area contributed by atoms with E-state index in [4.69, 9.17) is 16.0 Å². The molecule has 0 amide bonds. The number of fused-ring (bicyclic) bond motifs is 2. The zero-order valence-corrected chi connectivity index (χ0v) is 9.50. The molecule has 2 unspecified atom stereocenters. The Hall–Kier alpha value is -0.730. The third-order valence-electron chi connectivity index (χ3n) is 3.69. The van der Waals surface area contributed by atoms with E-state index in [1.165, 1.54) is 18.4 Å². The lowest BCUT2D eigenvalue weighted by molar-refractivity contribution is 0.265. The Morgan fingerprint density at radius 3 is 3.07 bits per heavy atom. The van der Waals surface area contributed by atoms with Crippen LogP contribution in [0.3, 0.4) is 0 Å². The van der Waals surface area contributed by atoms with Crippen molar-refractivity contribution >= 4 is 17.2 Å². The van der Waals surface area contributed by atoms with Crippen LogP contribution in [0.4, 0.5) is 0 Å². The fraction of sp³-hybridized carbons (Fsp3) is 0.500. The molecule has 3 heteroatoms. The molecule has 0 saturated carbocycles. The molecule has 2 aliphatic heterocycles. The van der Waals surface area contributed by atoms with Crippen molar-refractivity contribution in [2.75, 3.05) is 7.05 Å². The van der Waals surface area contributed by atoms with Crippen molar-refractivity contribution < 1.29 is 4.42 Å². The van der Waals surface area contributed by atoms with Gasteiger partial charge in [-0.25, -0.2) is 0 Å². The maximum absolute atomic E-state index is 6.10. The van der Waals surface area contributed by atoms with Gasteiger partial charge in [-0.15, -0.1) is 0 Å². The molecule has 1 fully saturated rings. The largest absolute Gasteiger partial charge is 0.463 e.